The largest absolute Gasteiger partial charge is 0.467 e. The smallest absolute Gasteiger partial charge is 0.338 e. The van der Waals surface area contributed by atoms with Crippen LogP contribution in [0.4, 0.5) is 0 Å². The van der Waals surface area contributed by atoms with E-state index in [-0.39, 0.29) is 6.54 Å². The van der Waals surface area contributed by atoms with E-state index in [0.29, 0.717) is 6.04 Å². The third-order valence-electron chi connectivity index (χ3n) is 2.29. The summed E-state index contributed by atoms with van der Waals surface area (Å²) in [5.41, 5.74) is -1.41. The fourth-order valence-electron chi connectivity index (χ4n) is 1.33. The Balaban J connectivity index is 2.31. The highest BCUT2D eigenvalue weighted by Gasteiger charge is 2.32. The Kier molecular flexibility index (Phi) is 4.22. The number of aliphatic hydroxyl groups is 1. The lowest BCUT2D eigenvalue weighted by Gasteiger charge is -2.22. The Morgan fingerprint density at radius 2 is 2.50 bits per heavy atom. The predicted octanol–water partition coefficient (Wildman–Crippen LogP) is 0.00550. The molecule has 1 rings (SSSR count). The van der Waals surface area contributed by atoms with Gasteiger partial charge < -0.3 is 15.2 Å². The van der Waals surface area contributed by atoms with Crippen molar-refractivity contribution in [3.8, 4) is 0 Å². The fourth-order valence-corrected chi connectivity index (χ4v) is 2.52. The maximum Gasteiger partial charge on any atom is 0.338 e. The van der Waals surface area contributed by atoms with E-state index in [2.05, 4.69) is 10.1 Å². The molecule has 2 atom stereocenters. The molecule has 1 saturated heterocycles. The van der Waals surface area contributed by atoms with Crippen molar-refractivity contribution in [1.82, 2.24) is 5.32 Å². The van der Waals surface area contributed by atoms with Gasteiger partial charge in [-0.25, -0.2) is 4.79 Å². The fraction of sp³-hybridized carbons (Fsp3) is 0.889. The molecule has 0 bridgehead atoms. The van der Waals surface area contributed by atoms with Gasteiger partial charge in [-0.05, 0) is 19.1 Å². The predicted molar refractivity (Wildman–Crippen MR) is 56.4 cm³/mol. The maximum atomic E-state index is 11.1. The highest BCUT2D eigenvalue weighted by Crippen LogP contribution is 2.17. The van der Waals surface area contributed by atoms with E-state index in [1.807, 2.05) is 11.8 Å². The van der Waals surface area contributed by atoms with Crippen molar-refractivity contribution in [2.24, 2.45) is 0 Å². The van der Waals surface area contributed by atoms with Crippen LogP contribution < -0.4 is 5.32 Å². The minimum absolute atomic E-state index is 0.255. The molecular formula is C9H17NO3S. The van der Waals surface area contributed by atoms with Gasteiger partial charge in [0.05, 0.1) is 7.11 Å². The van der Waals surface area contributed by atoms with Crippen LogP contribution in [-0.4, -0.2) is 47.9 Å². The number of ether oxygens (including phenoxy) is 1. The molecule has 1 fully saturated rings. The van der Waals surface area contributed by atoms with Crippen LogP contribution in [0.25, 0.3) is 0 Å². The number of methoxy groups -OCH3 is 1. The molecule has 0 aromatic heterocycles. The molecule has 0 aromatic rings. The number of rotatable bonds is 4. The third-order valence-corrected chi connectivity index (χ3v) is 3.45. The Bertz CT molecular complexity index is 202. The summed E-state index contributed by atoms with van der Waals surface area (Å²) in [7, 11) is 1.28. The molecule has 5 heteroatoms. The van der Waals surface area contributed by atoms with Crippen molar-refractivity contribution in [2.45, 2.75) is 25.0 Å². The van der Waals surface area contributed by atoms with Crippen molar-refractivity contribution in [3.05, 3.63) is 0 Å². The van der Waals surface area contributed by atoms with Gasteiger partial charge in [0.25, 0.3) is 0 Å². The second kappa shape index (κ2) is 5.00. The van der Waals surface area contributed by atoms with E-state index >= 15 is 0 Å². The van der Waals surface area contributed by atoms with E-state index in [4.69, 9.17) is 0 Å². The first-order valence-electron chi connectivity index (χ1n) is 4.68. The molecule has 1 heterocycles. The zero-order chi connectivity index (χ0) is 10.6. The second-order valence-electron chi connectivity index (χ2n) is 3.71. The lowest BCUT2D eigenvalue weighted by Crippen LogP contribution is -2.48. The quantitative estimate of drug-likeness (QED) is 0.652. The summed E-state index contributed by atoms with van der Waals surface area (Å²) >= 11 is 1.89. The van der Waals surface area contributed by atoms with Crippen molar-refractivity contribution in [3.63, 3.8) is 0 Å². The number of carbonyl (C=O) groups is 1. The van der Waals surface area contributed by atoms with Crippen molar-refractivity contribution in [1.29, 1.82) is 0 Å². The minimum Gasteiger partial charge on any atom is -0.467 e. The lowest BCUT2D eigenvalue weighted by molar-refractivity contribution is -0.160. The van der Waals surface area contributed by atoms with E-state index in [1.165, 1.54) is 14.0 Å². The molecule has 1 aliphatic heterocycles. The van der Waals surface area contributed by atoms with Gasteiger partial charge in [0.2, 0.25) is 0 Å². The number of esters is 1. The topological polar surface area (TPSA) is 58.6 Å². The molecule has 0 spiro atoms. The van der Waals surface area contributed by atoms with E-state index in [1.54, 1.807) is 0 Å². The van der Waals surface area contributed by atoms with Crippen LogP contribution in [0.2, 0.25) is 0 Å². The van der Waals surface area contributed by atoms with Crippen molar-refractivity contribution >= 4 is 17.7 Å². The van der Waals surface area contributed by atoms with Gasteiger partial charge in [-0.2, -0.15) is 11.8 Å². The first kappa shape index (κ1) is 11.8. The van der Waals surface area contributed by atoms with Gasteiger partial charge in [-0.1, -0.05) is 0 Å². The lowest BCUT2D eigenvalue weighted by atomic mass is 10.1. The molecule has 0 saturated carbocycles. The Morgan fingerprint density at radius 1 is 1.79 bits per heavy atom. The van der Waals surface area contributed by atoms with Crippen LogP contribution in [0, 0.1) is 0 Å². The minimum atomic E-state index is -1.41. The van der Waals surface area contributed by atoms with Gasteiger partial charge in [0.15, 0.2) is 5.60 Å². The molecular weight excluding hydrogens is 202 g/mol. The van der Waals surface area contributed by atoms with Gasteiger partial charge in [0, 0.05) is 18.3 Å². The average Bonchev–Trinajstić information content (AvgIpc) is 2.66. The van der Waals surface area contributed by atoms with Crippen LogP contribution in [0.5, 0.6) is 0 Å². The zero-order valence-electron chi connectivity index (χ0n) is 8.58. The first-order chi connectivity index (χ1) is 6.56. The van der Waals surface area contributed by atoms with Gasteiger partial charge >= 0.3 is 5.97 Å². The van der Waals surface area contributed by atoms with Crippen LogP contribution in [0.1, 0.15) is 13.3 Å². The zero-order valence-corrected chi connectivity index (χ0v) is 9.39. The van der Waals surface area contributed by atoms with Gasteiger partial charge in [-0.15, -0.1) is 0 Å². The van der Waals surface area contributed by atoms with Gasteiger partial charge in [0.1, 0.15) is 0 Å². The molecule has 2 unspecified atom stereocenters. The van der Waals surface area contributed by atoms with Crippen molar-refractivity contribution in [2.75, 3.05) is 25.2 Å². The number of carbonyl (C=O) groups excluding carboxylic acids is 1. The molecule has 2 N–H and O–H groups in total. The summed E-state index contributed by atoms with van der Waals surface area (Å²) < 4.78 is 4.50. The summed E-state index contributed by atoms with van der Waals surface area (Å²) in [6.45, 7) is 1.72. The Labute approximate surface area is 88.4 Å². The van der Waals surface area contributed by atoms with E-state index < -0.39 is 11.6 Å². The molecule has 0 radical (unpaired) electrons. The summed E-state index contributed by atoms with van der Waals surface area (Å²) in [6.07, 6.45) is 1.10. The third kappa shape index (κ3) is 3.15. The molecule has 82 valence electrons. The molecule has 0 aromatic carbocycles. The van der Waals surface area contributed by atoms with Crippen LogP contribution in [-0.2, 0) is 9.53 Å². The number of hydrogen-bond acceptors (Lipinski definition) is 5. The molecule has 0 aliphatic carbocycles. The van der Waals surface area contributed by atoms with Gasteiger partial charge in [-0.3, -0.25) is 0 Å². The first-order valence-corrected chi connectivity index (χ1v) is 5.83. The Morgan fingerprint density at radius 3 is 3.00 bits per heavy atom. The number of hydrogen-bond donors (Lipinski definition) is 2. The average molecular weight is 219 g/mol. The summed E-state index contributed by atoms with van der Waals surface area (Å²) in [5.74, 6) is 1.62. The summed E-state index contributed by atoms with van der Waals surface area (Å²) in [4.78, 5) is 11.1. The van der Waals surface area contributed by atoms with E-state index in [0.717, 1.165) is 17.9 Å². The molecule has 14 heavy (non-hydrogen) atoms. The standard InChI is InChI=1S/C9H17NO3S/c1-9(12,8(11)13-2)6-10-7-3-4-14-5-7/h7,10,12H,3-6H2,1-2H3. The number of nitrogens with one attached hydrogen (secondary N) is 1. The van der Waals surface area contributed by atoms with Crippen LogP contribution >= 0.6 is 11.8 Å². The normalized spacial score (nSPS) is 25.8. The Hall–Kier alpha value is -0.260. The van der Waals surface area contributed by atoms with E-state index in [9.17, 15) is 9.90 Å². The summed E-state index contributed by atoms with van der Waals surface area (Å²) in [6, 6.07) is 0.413. The molecule has 4 nitrogen and oxygen atoms in total. The second-order valence-corrected chi connectivity index (χ2v) is 4.86. The SMILES string of the molecule is COC(=O)C(C)(O)CNC1CCSC1. The monoisotopic (exact) mass is 219 g/mol. The summed E-state index contributed by atoms with van der Waals surface area (Å²) in [5, 5.41) is 12.9. The van der Waals surface area contributed by atoms with Crippen LogP contribution in [0.3, 0.4) is 0 Å². The molecule has 0 amide bonds. The van der Waals surface area contributed by atoms with Crippen molar-refractivity contribution < 1.29 is 14.6 Å². The maximum absolute atomic E-state index is 11.1. The highest BCUT2D eigenvalue weighted by molar-refractivity contribution is 7.99. The highest BCUT2D eigenvalue weighted by atomic mass is 32.2. The molecule has 1 aliphatic rings. The number of thioether (sulfide) groups is 1. The van der Waals surface area contributed by atoms with Crippen LogP contribution in [0.15, 0.2) is 0 Å².